The van der Waals surface area contributed by atoms with Crippen LogP contribution < -0.4 is 0 Å². The highest BCUT2D eigenvalue weighted by Crippen LogP contribution is 2.33. The van der Waals surface area contributed by atoms with Crippen molar-refractivity contribution >= 4 is 5.97 Å². The second-order valence-electron chi connectivity index (χ2n) is 4.37. The molecule has 0 aromatic heterocycles. The molecule has 0 radical (unpaired) electrons. The summed E-state index contributed by atoms with van der Waals surface area (Å²) in [4.78, 5) is 11.1. The average molecular weight is 198 g/mol. The number of carbonyl (C=O) groups excluding carboxylic acids is 1. The molecule has 1 rings (SSSR count). The highest BCUT2D eigenvalue weighted by atomic mass is 16.5. The molecule has 0 bridgehead atoms. The van der Waals surface area contributed by atoms with E-state index >= 15 is 0 Å². The third-order valence-electron chi connectivity index (χ3n) is 3.31. The van der Waals surface area contributed by atoms with E-state index in [0.29, 0.717) is 18.9 Å². The van der Waals surface area contributed by atoms with E-state index in [2.05, 4.69) is 6.92 Å². The van der Waals surface area contributed by atoms with Crippen molar-refractivity contribution in [2.75, 3.05) is 6.61 Å². The summed E-state index contributed by atoms with van der Waals surface area (Å²) in [6.07, 6.45) is 7.10. The second-order valence-corrected chi connectivity index (χ2v) is 4.37. The van der Waals surface area contributed by atoms with Crippen LogP contribution in [0.5, 0.6) is 0 Å². The lowest BCUT2D eigenvalue weighted by Gasteiger charge is -2.17. The number of carbonyl (C=O) groups is 1. The molecule has 0 aromatic rings. The molecule has 1 unspecified atom stereocenters. The van der Waals surface area contributed by atoms with Crippen molar-refractivity contribution in [2.24, 2.45) is 11.8 Å². The maximum Gasteiger partial charge on any atom is 0.305 e. The highest BCUT2D eigenvalue weighted by Gasteiger charge is 2.21. The van der Waals surface area contributed by atoms with Gasteiger partial charge in [0.15, 0.2) is 0 Å². The van der Waals surface area contributed by atoms with Gasteiger partial charge < -0.3 is 4.74 Å². The van der Waals surface area contributed by atoms with E-state index in [1.54, 1.807) is 0 Å². The van der Waals surface area contributed by atoms with Crippen LogP contribution in [0.3, 0.4) is 0 Å². The van der Waals surface area contributed by atoms with E-state index in [0.717, 1.165) is 12.3 Å². The van der Waals surface area contributed by atoms with Crippen LogP contribution in [0.2, 0.25) is 0 Å². The number of ether oxygens (including phenoxy) is 1. The predicted molar refractivity (Wildman–Crippen MR) is 57.0 cm³/mol. The second kappa shape index (κ2) is 6.05. The van der Waals surface area contributed by atoms with Gasteiger partial charge in [-0.05, 0) is 25.2 Å². The molecule has 0 spiro atoms. The van der Waals surface area contributed by atoms with Crippen molar-refractivity contribution in [3.8, 4) is 0 Å². The van der Waals surface area contributed by atoms with Gasteiger partial charge in [-0.1, -0.05) is 32.6 Å². The minimum atomic E-state index is -0.0302. The SMILES string of the molecule is CCOC(=O)CCC(C)C1CCCC1. The molecule has 2 nitrogen and oxygen atoms in total. The molecule has 1 fully saturated rings. The smallest absolute Gasteiger partial charge is 0.305 e. The lowest BCUT2D eigenvalue weighted by molar-refractivity contribution is -0.143. The maximum absolute atomic E-state index is 11.1. The molecule has 0 heterocycles. The third-order valence-corrected chi connectivity index (χ3v) is 3.31. The van der Waals surface area contributed by atoms with Gasteiger partial charge in [0.25, 0.3) is 0 Å². The molecule has 1 atom stereocenters. The Bertz CT molecular complexity index is 171. The summed E-state index contributed by atoms with van der Waals surface area (Å²) in [6.45, 7) is 4.64. The van der Waals surface area contributed by atoms with Gasteiger partial charge in [0.1, 0.15) is 0 Å². The monoisotopic (exact) mass is 198 g/mol. The van der Waals surface area contributed by atoms with Crippen LogP contribution in [0.1, 0.15) is 52.4 Å². The summed E-state index contributed by atoms with van der Waals surface area (Å²) in [7, 11) is 0. The molecule has 1 saturated carbocycles. The molecule has 0 saturated heterocycles. The van der Waals surface area contributed by atoms with Gasteiger partial charge in [-0.25, -0.2) is 0 Å². The van der Waals surface area contributed by atoms with Gasteiger partial charge in [0.2, 0.25) is 0 Å². The lowest BCUT2D eigenvalue weighted by atomic mass is 9.89. The van der Waals surface area contributed by atoms with Gasteiger partial charge in [-0.2, -0.15) is 0 Å². The maximum atomic E-state index is 11.1. The van der Waals surface area contributed by atoms with Crippen molar-refractivity contribution in [2.45, 2.75) is 52.4 Å². The van der Waals surface area contributed by atoms with Gasteiger partial charge in [0, 0.05) is 6.42 Å². The summed E-state index contributed by atoms with van der Waals surface area (Å²) in [5.74, 6) is 1.53. The first-order chi connectivity index (χ1) is 6.74. The fourth-order valence-corrected chi connectivity index (χ4v) is 2.34. The zero-order valence-corrected chi connectivity index (χ0v) is 9.42. The summed E-state index contributed by atoms with van der Waals surface area (Å²) < 4.78 is 4.92. The third kappa shape index (κ3) is 3.69. The van der Waals surface area contributed by atoms with Crippen LogP contribution in [0.15, 0.2) is 0 Å². The standard InChI is InChI=1S/C12H22O2/c1-3-14-12(13)9-8-10(2)11-6-4-5-7-11/h10-11H,3-9H2,1-2H3. The molecule has 0 aromatic carbocycles. The quantitative estimate of drug-likeness (QED) is 0.634. The minimum Gasteiger partial charge on any atom is -0.466 e. The molecule has 1 aliphatic carbocycles. The molecule has 0 N–H and O–H groups in total. The molecular formula is C12H22O2. The largest absolute Gasteiger partial charge is 0.466 e. The van der Waals surface area contributed by atoms with Crippen LogP contribution in [0.25, 0.3) is 0 Å². The van der Waals surface area contributed by atoms with Crippen LogP contribution in [0.4, 0.5) is 0 Å². The van der Waals surface area contributed by atoms with E-state index in [1.165, 1.54) is 25.7 Å². The summed E-state index contributed by atoms with van der Waals surface area (Å²) in [6, 6.07) is 0. The van der Waals surface area contributed by atoms with Crippen molar-refractivity contribution in [3.63, 3.8) is 0 Å². The van der Waals surface area contributed by atoms with Crippen molar-refractivity contribution in [3.05, 3.63) is 0 Å². The Morgan fingerprint density at radius 2 is 2.07 bits per heavy atom. The zero-order valence-electron chi connectivity index (χ0n) is 9.42. The van der Waals surface area contributed by atoms with E-state index in [1.807, 2.05) is 6.92 Å². The number of hydrogen-bond acceptors (Lipinski definition) is 2. The molecule has 0 aliphatic heterocycles. The molecule has 2 heteroatoms. The summed E-state index contributed by atoms with van der Waals surface area (Å²) in [5.41, 5.74) is 0. The number of rotatable bonds is 5. The Morgan fingerprint density at radius 1 is 1.43 bits per heavy atom. The molecule has 82 valence electrons. The summed E-state index contributed by atoms with van der Waals surface area (Å²) in [5, 5.41) is 0. The fourth-order valence-electron chi connectivity index (χ4n) is 2.34. The van der Waals surface area contributed by atoms with E-state index in [4.69, 9.17) is 4.74 Å². The van der Waals surface area contributed by atoms with E-state index in [-0.39, 0.29) is 5.97 Å². The van der Waals surface area contributed by atoms with Gasteiger partial charge in [-0.3, -0.25) is 4.79 Å². The highest BCUT2D eigenvalue weighted by molar-refractivity contribution is 5.69. The number of esters is 1. The zero-order chi connectivity index (χ0) is 10.4. The Balaban J connectivity index is 2.13. The first-order valence-corrected chi connectivity index (χ1v) is 5.89. The van der Waals surface area contributed by atoms with Gasteiger partial charge >= 0.3 is 5.97 Å². The number of hydrogen-bond donors (Lipinski definition) is 0. The Kier molecular flexibility index (Phi) is 4.99. The van der Waals surface area contributed by atoms with Crippen LogP contribution in [0, 0.1) is 11.8 Å². The lowest BCUT2D eigenvalue weighted by Crippen LogP contribution is -2.11. The fraction of sp³-hybridized carbons (Fsp3) is 0.917. The van der Waals surface area contributed by atoms with Gasteiger partial charge in [0.05, 0.1) is 6.61 Å². The Hall–Kier alpha value is -0.530. The molecule has 1 aliphatic rings. The minimum absolute atomic E-state index is 0.0302. The molecule has 14 heavy (non-hydrogen) atoms. The normalized spacial score (nSPS) is 19.6. The first kappa shape index (κ1) is 11.5. The summed E-state index contributed by atoms with van der Waals surface area (Å²) >= 11 is 0. The topological polar surface area (TPSA) is 26.3 Å². The van der Waals surface area contributed by atoms with E-state index < -0.39 is 0 Å². The predicted octanol–water partition coefficient (Wildman–Crippen LogP) is 3.16. The average Bonchev–Trinajstić information content (AvgIpc) is 2.67. The van der Waals surface area contributed by atoms with Crippen LogP contribution >= 0.6 is 0 Å². The van der Waals surface area contributed by atoms with Crippen LogP contribution in [-0.2, 0) is 9.53 Å². The Labute approximate surface area is 87.0 Å². The molecule has 0 amide bonds. The van der Waals surface area contributed by atoms with Crippen LogP contribution in [-0.4, -0.2) is 12.6 Å². The van der Waals surface area contributed by atoms with Gasteiger partial charge in [-0.15, -0.1) is 0 Å². The Morgan fingerprint density at radius 3 is 2.64 bits per heavy atom. The van der Waals surface area contributed by atoms with Crippen molar-refractivity contribution in [1.82, 2.24) is 0 Å². The van der Waals surface area contributed by atoms with E-state index in [9.17, 15) is 4.79 Å². The van der Waals surface area contributed by atoms with Crippen molar-refractivity contribution in [1.29, 1.82) is 0 Å². The first-order valence-electron chi connectivity index (χ1n) is 5.89. The molecular weight excluding hydrogens is 176 g/mol. The van der Waals surface area contributed by atoms with Crippen molar-refractivity contribution < 1.29 is 9.53 Å².